The van der Waals surface area contributed by atoms with Crippen LogP contribution in [0.1, 0.15) is 82.2 Å². The van der Waals surface area contributed by atoms with Crippen LogP contribution in [0, 0.1) is 23.7 Å². The smallest absolute Gasteiger partial charge is 0.236 e. The Morgan fingerprint density at radius 2 is 1.88 bits per heavy atom. The lowest BCUT2D eigenvalue weighted by molar-refractivity contribution is -0.135. The molecule has 0 aromatic carbocycles. The minimum atomic E-state index is -0.206. The summed E-state index contributed by atoms with van der Waals surface area (Å²) in [5.74, 6) is 1.23. The quantitative estimate of drug-likeness (QED) is 0.680. The third kappa shape index (κ3) is 4.79. The van der Waals surface area contributed by atoms with E-state index in [-0.39, 0.29) is 17.9 Å². The maximum Gasteiger partial charge on any atom is 0.236 e. The standard InChI is InChI=1S/C24H34N6OS/c1-16-26-18(14-30-13-12-29(15-24(30,4)5)19(31)8-11-25)20-22(27-16)32-21(28-20)17-6-9-23(2,3)10-7-17/h17H,6-10,12-15H2,1-5H3. The lowest BCUT2D eigenvalue weighted by Gasteiger charge is -2.47. The van der Waals surface area contributed by atoms with Gasteiger partial charge in [-0.05, 0) is 51.9 Å². The number of aromatic nitrogens is 3. The zero-order chi connectivity index (χ0) is 23.1. The van der Waals surface area contributed by atoms with Gasteiger partial charge in [0.25, 0.3) is 0 Å². The van der Waals surface area contributed by atoms with Crippen LogP contribution in [0.5, 0.6) is 0 Å². The summed E-state index contributed by atoms with van der Waals surface area (Å²) in [4.78, 5) is 32.0. The number of piperazine rings is 1. The predicted octanol–water partition coefficient (Wildman–Crippen LogP) is 4.42. The number of fused-ring (bicyclic) bond motifs is 1. The topological polar surface area (TPSA) is 86.0 Å². The van der Waals surface area contributed by atoms with Gasteiger partial charge in [0.05, 0.1) is 16.8 Å². The van der Waals surface area contributed by atoms with E-state index in [1.54, 1.807) is 11.3 Å². The van der Waals surface area contributed by atoms with Crippen molar-refractivity contribution in [2.24, 2.45) is 5.41 Å². The van der Waals surface area contributed by atoms with Crippen molar-refractivity contribution < 1.29 is 4.79 Å². The van der Waals surface area contributed by atoms with Crippen LogP contribution in [-0.2, 0) is 11.3 Å². The average Bonchev–Trinajstić information content (AvgIpc) is 3.13. The first-order chi connectivity index (χ1) is 15.1. The van der Waals surface area contributed by atoms with Crippen molar-refractivity contribution in [3.63, 3.8) is 0 Å². The summed E-state index contributed by atoms with van der Waals surface area (Å²) in [6, 6.07) is 1.97. The van der Waals surface area contributed by atoms with E-state index in [2.05, 4.69) is 32.6 Å². The molecule has 0 unspecified atom stereocenters. The molecule has 2 fully saturated rings. The van der Waals surface area contributed by atoms with Gasteiger partial charge in [-0.3, -0.25) is 9.69 Å². The van der Waals surface area contributed by atoms with Crippen LogP contribution in [0.4, 0.5) is 0 Å². The lowest BCUT2D eigenvalue weighted by atomic mass is 9.73. The predicted molar refractivity (Wildman–Crippen MR) is 126 cm³/mol. The first-order valence-corrected chi connectivity index (χ1v) is 12.4. The third-order valence-corrected chi connectivity index (χ3v) is 8.26. The van der Waals surface area contributed by atoms with E-state index >= 15 is 0 Å². The molecule has 3 heterocycles. The Labute approximate surface area is 194 Å². The van der Waals surface area contributed by atoms with Gasteiger partial charge in [-0.25, -0.2) is 15.0 Å². The van der Waals surface area contributed by atoms with Crippen LogP contribution in [0.25, 0.3) is 10.3 Å². The largest absolute Gasteiger partial charge is 0.339 e. The summed E-state index contributed by atoms with van der Waals surface area (Å²) < 4.78 is 0. The van der Waals surface area contributed by atoms with Gasteiger partial charge in [-0.2, -0.15) is 5.26 Å². The van der Waals surface area contributed by atoms with E-state index in [0.29, 0.717) is 31.0 Å². The van der Waals surface area contributed by atoms with Gasteiger partial charge in [0, 0.05) is 37.6 Å². The summed E-state index contributed by atoms with van der Waals surface area (Å²) in [7, 11) is 0. The number of carbonyl (C=O) groups is 1. The van der Waals surface area contributed by atoms with Gasteiger partial charge < -0.3 is 4.90 Å². The van der Waals surface area contributed by atoms with Gasteiger partial charge in [0.1, 0.15) is 22.6 Å². The molecule has 2 aliphatic rings. The van der Waals surface area contributed by atoms with Gasteiger partial charge in [0.15, 0.2) is 0 Å². The van der Waals surface area contributed by atoms with Gasteiger partial charge in [-0.15, -0.1) is 0 Å². The lowest BCUT2D eigenvalue weighted by Crippen LogP contribution is -2.60. The number of thiazole rings is 1. The molecule has 1 amide bonds. The third-order valence-electron chi connectivity index (χ3n) is 7.14. The molecule has 1 aliphatic heterocycles. The second-order valence-electron chi connectivity index (χ2n) is 10.7. The highest BCUT2D eigenvalue weighted by Gasteiger charge is 2.36. The summed E-state index contributed by atoms with van der Waals surface area (Å²) in [5, 5.41) is 10.1. The molecule has 0 bridgehead atoms. The van der Waals surface area contributed by atoms with Crippen molar-refractivity contribution >= 4 is 27.6 Å². The minimum Gasteiger partial charge on any atom is -0.339 e. The number of hydrogen-bond donors (Lipinski definition) is 0. The summed E-state index contributed by atoms with van der Waals surface area (Å²) >= 11 is 1.74. The molecule has 1 saturated heterocycles. The number of carbonyl (C=O) groups excluding carboxylic acids is 1. The number of nitrogens with zero attached hydrogens (tertiary/aromatic N) is 6. The average molecular weight is 455 g/mol. The van der Waals surface area contributed by atoms with Crippen molar-refractivity contribution in [2.75, 3.05) is 19.6 Å². The Morgan fingerprint density at radius 3 is 2.53 bits per heavy atom. The number of nitriles is 1. The van der Waals surface area contributed by atoms with Crippen LogP contribution in [0.2, 0.25) is 0 Å². The Morgan fingerprint density at radius 1 is 1.16 bits per heavy atom. The van der Waals surface area contributed by atoms with E-state index < -0.39 is 0 Å². The molecule has 172 valence electrons. The second kappa shape index (κ2) is 8.68. The van der Waals surface area contributed by atoms with E-state index in [9.17, 15) is 4.79 Å². The molecule has 0 radical (unpaired) electrons. The first kappa shape index (κ1) is 23.1. The fourth-order valence-corrected chi connectivity index (χ4v) is 6.17. The van der Waals surface area contributed by atoms with E-state index in [1.165, 1.54) is 30.7 Å². The van der Waals surface area contributed by atoms with Gasteiger partial charge >= 0.3 is 0 Å². The minimum absolute atomic E-state index is 0.0538. The van der Waals surface area contributed by atoms with Gasteiger partial charge in [-0.1, -0.05) is 25.2 Å². The second-order valence-corrected chi connectivity index (χ2v) is 11.8. The van der Waals surface area contributed by atoms with Crippen LogP contribution in [0.15, 0.2) is 0 Å². The molecule has 8 heteroatoms. The number of rotatable bonds is 4. The van der Waals surface area contributed by atoms with E-state index in [0.717, 1.165) is 28.4 Å². The molecule has 1 aliphatic carbocycles. The normalized spacial score (nSPS) is 21.6. The van der Waals surface area contributed by atoms with Crippen LogP contribution in [-0.4, -0.2) is 55.8 Å². The summed E-state index contributed by atoms with van der Waals surface area (Å²) in [6.45, 7) is 13.7. The highest BCUT2D eigenvalue weighted by Crippen LogP contribution is 2.44. The molecule has 0 atom stereocenters. The highest BCUT2D eigenvalue weighted by molar-refractivity contribution is 7.18. The summed E-state index contributed by atoms with van der Waals surface area (Å²) in [6.07, 6.45) is 4.82. The Bertz CT molecular complexity index is 1040. The van der Waals surface area contributed by atoms with Crippen LogP contribution < -0.4 is 0 Å². The first-order valence-electron chi connectivity index (χ1n) is 11.6. The zero-order valence-corrected chi connectivity index (χ0v) is 20.8. The number of amides is 1. The van der Waals surface area contributed by atoms with Gasteiger partial charge in [0.2, 0.25) is 5.91 Å². The van der Waals surface area contributed by atoms with Crippen molar-refractivity contribution in [3.8, 4) is 6.07 Å². The molecular formula is C24H34N6OS. The van der Waals surface area contributed by atoms with Crippen LogP contribution >= 0.6 is 11.3 Å². The maximum atomic E-state index is 12.2. The maximum absolute atomic E-state index is 12.2. The fraction of sp³-hybridized carbons (Fsp3) is 0.708. The number of hydrogen-bond acceptors (Lipinski definition) is 7. The Hall–Kier alpha value is -2.11. The molecule has 32 heavy (non-hydrogen) atoms. The van der Waals surface area contributed by atoms with Crippen molar-refractivity contribution in [1.29, 1.82) is 5.26 Å². The molecular weight excluding hydrogens is 420 g/mol. The van der Waals surface area contributed by atoms with Crippen molar-refractivity contribution in [1.82, 2.24) is 24.8 Å². The molecule has 0 spiro atoms. The zero-order valence-electron chi connectivity index (χ0n) is 19.9. The molecule has 2 aromatic rings. The van der Waals surface area contributed by atoms with Crippen LogP contribution in [0.3, 0.4) is 0 Å². The molecule has 2 aromatic heterocycles. The van der Waals surface area contributed by atoms with Crippen molar-refractivity contribution in [2.45, 2.75) is 84.7 Å². The number of aryl methyl sites for hydroxylation is 1. The SMILES string of the molecule is Cc1nc(CN2CCN(C(=O)CC#N)CC2(C)C)c2nc(C3CCC(C)(C)CC3)sc2n1. The van der Waals surface area contributed by atoms with E-state index in [1.807, 2.05) is 17.9 Å². The molecule has 0 N–H and O–H groups in total. The molecule has 7 nitrogen and oxygen atoms in total. The summed E-state index contributed by atoms with van der Waals surface area (Å²) in [5.41, 5.74) is 2.16. The van der Waals surface area contributed by atoms with E-state index in [4.69, 9.17) is 20.2 Å². The highest BCUT2D eigenvalue weighted by atomic mass is 32.1. The van der Waals surface area contributed by atoms with Crippen molar-refractivity contribution in [3.05, 3.63) is 16.5 Å². The Kier molecular flexibility index (Phi) is 6.25. The Balaban J connectivity index is 1.55. The fourth-order valence-electron chi connectivity index (χ4n) is 5.00. The molecule has 1 saturated carbocycles. The molecule has 4 rings (SSSR count). The monoisotopic (exact) mass is 454 g/mol.